The molecule has 4 aromatic rings. The van der Waals surface area contributed by atoms with Crippen LogP contribution in [-0.2, 0) is 59.9 Å². The zero-order valence-electron chi connectivity index (χ0n) is 41.6. The van der Waals surface area contributed by atoms with Gasteiger partial charge in [0.05, 0.1) is 35.6 Å². The summed E-state index contributed by atoms with van der Waals surface area (Å²) in [5.41, 5.74) is 7.38. The first-order valence-electron chi connectivity index (χ1n) is 23.7. The molecule has 2 fully saturated rings. The molecule has 18 heteroatoms. The van der Waals surface area contributed by atoms with Crippen molar-refractivity contribution in [3.05, 3.63) is 78.1 Å². The monoisotopic (exact) mass is 963 g/mol. The van der Waals surface area contributed by atoms with Crippen LogP contribution in [0, 0.1) is 11.8 Å². The van der Waals surface area contributed by atoms with Crippen molar-refractivity contribution in [3.8, 4) is 22.4 Å². The third-order valence-electron chi connectivity index (χ3n) is 12.8. The van der Waals surface area contributed by atoms with E-state index in [1.807, 2.05) is 64.0 Å². The van der Waals surface area contributed by atoms with Crippen molar-refractivity contribution in [2.24, 2.45) is 18.9 Å². The number of carbonyl (C=O) groups is 5. The summed E-state index contributed by atoms with van der Waals surface area (Å²) in [5.74, 6) is -2.25. The van der Waals surface area contributed by atoms with E-state index >= 15 is 0 Å². The highest BCUT2D eigenvalue weighted by molar-refractivity contribution is 5.96. The van der Waals surface area contributed by atoms with Crippen LogP contribution in [0.25, 0.3) is 33.3 Å². The van der Waals surface area contributed by atoms with Gasteiger partial charge in [-0.25, -0.2) is 10.4 Å². The molecule has 0 aliphatic carbocycles. The molecule has 6 rings (SSSR count). The fourth-order valence-corrected chi connectivity index (χ4v) is 9.57. The van der Waals surface area contributed by atoms with E-state index in [2.05, 4.69) is 22.4 Å². The molecule has 4 heterocycles. The number of likely N-dealkylation sites (tertiary alicyclic amines) is 1. The van der Waals surface area contributed by atoms with E-state index in [9.17, 15) is 37.1 Å². The fraction of sp³-hybridized carbons (Fsp3) is 0.529. The molecule has 0 spiro atoms. The Morgan fingerprint density at radius 3 is 2.36 bits per heavy atom. The molecular weight excluding hydrogens is 894 g/mol. The van der Waals surface area contributed by atoms with Crippen LogP contribution in [0.3, 0.4) is 0 Å². The number of fused-ring (bicyclic) bond motifs is 1. The molecule has 2 saturated heterocycles. The van der Waals surface area contributed by atoms with Gasteiger partial charge in [-0.1, -0.05) is 64.6 Å². The average molecular weight is 963 g/mol. The van der Waals surface area contributed by atoms with E-state index in [1.54, 1.807) is 55.7 Å². The van der Waals surface area contributed by atoms with Gasteiger partial charge >= 0.3 is 12.1 Å². The molecular formula is C51H69F3N8O7. The van der Waals surface area contributed by atoms with Crippen LogP contribution in [0.2, 0.25) is 0 Å². The topological polar surface area (TPSA) is 160 Å². The zero-order chi connectivity index (χ0) is 50.9. The van der Waals surface area contributed by atoms with Gasteiger partial charge in [0.15, 0.2) is 0 Å². The second kappa shape index (κ2) is 23.6. The Balaban J connectivity index is 0.00000438. The number of rotatable bonds is 18. The maximum atomic E-state index is 14.6. The minimum absolute atomic E-state index is 0.0805. The minimum Gasteiger partial charge on any atom is -0.461 e. The number of carbonyl (C=O) groups excluding carboxylic acids is 5. The summed E-state index contributed by atoms with van der Waals surface area (Å²) in [7, 11) is 6.63. The van der Waals surface area contributed by atoms with Gasteiger partial charge in [0.1, 0.15) is 31.0 Å². The largest absolute Gasteiger partial charge is 0.461 e. The van der Waals surface area contributed by atoms with E-state index in [0.29, 0.717) is 70.1 Å². The number of hydrazine groups is 1. The summed E-state index contributed by atoms with van der Waals surface area (Å²) in [6.45, 7) is 14.8. The van der Waals surface area contributed by atoms with Crippen molar-refractivity contribution in [1.29, 1.82) is 0 Å². The first-order chi connectivity index (χ1) is 32.7. The Hall–Kier alpha value is -5.85. The van der Waals surface area contributed by atoms with Gasteiger partial charge in [-0.2, -0.15) is 18.3 Å². The van der Waals surface area contributed by atoms with Crippen LogP contribution in [0.5, 0.6) is 0 Å². The van der Waals surface area contributed by atoms with Gasteiger partial charge in [-0.15, -0.1) is 0 Å². The summed E-state index contributed by atoms with van der Waals surface area (Å²) in [6, 6.07) is 10.2. The number of hydrogen-bond donors (Lipinski definition) is 2. The van der Waals surface area contributed by atoms with Gasteiger partial charge in [0.2, 0.25) is 17.7 Å². The predicted molar refractivity (Wildman–Crippen MR) is 258 cm³/mol. The van der Waals surface area contributed by atoms with Gasteiger partial charge < -0.3 is 34.0 Å². The summed E-state index contributed by atoms with van der Waals surface area (Å²) in [4.78, 5) is 68.5. The lowest BCUT2D eigenvalue weighted by atomic mass is 9.95. The number of aldehydes is 1. The number of halogens is 3. The van der Waals surface area contributed by atoms with Crippen LogP contribution < -0.4 is 10.7 Å². The first-order valence-corrected chi connectivity index (χ1v) is 23.7. The zero-order valence-corrected chi connectivity index (χ0v) is 41.6. The molecule has 0 radical (unpaired) electrons. The number of nitrogens with zero attached hydrogens (tertiary/aromatic N) is 6. The third kappa shape index (κ3) is 12.9. The summed E-state index contributed by atoms with van der Waals surface area (Å²) in [6.07, 6.45) is -0.441. The predicted octanol–water partition coefficient (Wildman–Crippen LogP) is 6.82. The first kappa shape index (κ1) is 54.1. The summed E-state index contributed by atoms with van der Waals surface area (Å²) < 4.78 is 58.4. The lowest BCUT2D eigenvalue weighted by molar-refractivity contribution is -0.153. The maximum Gasteiger partial charge on any atom is 0.406 e. The van der Waals surface area contributed by atoms with E-state index in [0.717, 1.165) is 13.0 Å². The number of methoxy groups -OCH3 is 1. The summed E-state index contributed by atoms with van der Waals surface area (Å²) in [5, 5.41) is 9.65. The van der Waals surface area contributed by atoms with Gasteiger partial charge in [0, 0.05) is 70.8 Å². The van der Waals surface area contributed by atoms with Crippen molar-refractivity contribution in [1.82, 2.24) is 39.9 Å². The van der Waals surface area contributed by atoms with Crippen molar-refractivity contribution in [2.45, 2.75) is 117 Å². The average Bonchev–Trinajstić information content (AvgIpc) is 4.04. The highest BCUT2D eigenvalue weighted by atomic mass is 19.4. The van der Waals surface area contributed by atoms with Crippen molar-refractivity contribution < 1.29 is 46.6 Å². The molecule has 3 amide bonds. The molecule has 2 aliphatic heterocycles. The van der Waals surface area contributed by atoms with Crippen LogP contribution >= 0.6 is 0 Å². The molecule has 0 saturated carbocycles. The second-order valence-corrected chi connectivity index (χ2v) is 18.2. The Morgan fingerprint density at radius 1 is 1.01 bits per heavy atom. The van der Waals surface area contributed by atoms with Crippen LogP contribution in [0.15, 0.2) is 61.3 Å². The molecule has 376 valence electrons. The smallest absolute Gasteiger partial charge is 0.406 e. The number of likely N-dealkylation sites (N-methyl/N-ethyl adjacent to an activating group) is 1. The molecule has 6 atom stereocenters. The molecule has 69 heavy (non-hydrogen) atoms. The number of hydrogen-bond acceptors (Lipinski definition) is 10. The number of aromatic nitrogens is 3. The van der Waals surface area contributed by atoms with E-state index < -0.39 is 60.8 Å². The molecule has 2 aliphatic rings. The molecule has 4 unspecified atom stereocenters. The van der Waals surface area contributed by atoms with E-state index in [-0.39, 0.29) is 42.8 Å². The second-order valence-electron chi connectivity index (χ2n) is 18.2. The molecule has 2 aromatic carbocycles. The fourth-order valence-electron chi connectivity index (χ4n) is 9.57. The maximum absolute atomic E-state index is 14.6. The molecule has 2 aromatic heterocycles. The quantitative estimate of drug-likeness (QED) is 0.0616. The lowest BCUT2D eigenvalue weighted by Crippen LogP contribution is -2.54. The lowest BCUT2D eigenvalue weighted by Gasteiger charge is -2.32. The van der Waals surface area contributed by atoms with Crippen LogP contribution in [0.4, 0.5) is 13.2 Å². The van der Waals surface area contributed by atoms with Crippen molar-refractivity contribution >= 4 is 40.9 Å². The molecule has 0 bridgehead atoms. The standard InChI is InChI=1S/C49H63F3N8O7.C2H6/c1-10-42(62)59-20-18-35(26-59)47(64)57(7)43(29(2)3)46(63)54-36(27-61)23-32-13-11-14-33(22-32)34-16-17-41-37(24-34)38(21-30(4)67-48(65)40-15-12-19-56(6)55-40)45(60(41)28-49(50,51)52)39-25-53-58(8)44(39)31(5)66-9;1-2/h10-11,13-14,16-17,22,24-25,27,29-31,35-36,40,43,55H,1,12,15,18-21,23,26,28H2,2-9H3,(H,54,63);1-2H3/t30-,31?,35?,36?,40+,43?;/m1./s1. The number of esters is 1. The van der Waals surface area contributed by atoms with Crippen LogP contribution in [0.1, 0.15) is 83.7 Å². The van der Waals surface area contributed by atoms with Gasteiger partial charge in [0.25, 0.3) is 0 Å². The molecule has 2 N–H and O–H groups in total. The number of nitrogens with one attached hydrogen (secondary N) is 2. The summed E-state index contributed by atoms with van der Waals surface area (Å²) >= 11 is 0. The normalized spacial score (nSPS) is 18.2. The minimum atomic E-state index is -4.60. The van der Waals surface area contributed by atoms with Gasteiger partial charge in [-0.3, -0.25) is 23.9 Å². The number of alkyl halides is 3. The Bertz CT molecular complexity index is 2470. The third-order valence-corrected chi connectivity index (χ3v) is 12.8. The number of benzene rings is 2. The Morgan fingerprint density at radius 2 is 1.72 bits per heavy atom. The van der Waals surface area contributed by atoms with E-state index in [4.69, 9.17) is 9.47 Å². The Labute approximate surface area is 403 Å². The Kier molecular flexibility index (Phi) is 18.5. The SMILES string of the molecule is C=CC(=O)N1CCC(C(=O)N(C)C(C(=O)NC(C=O)Cc2cccc(-c3ccc4c(c3)c(C[C@@H](C)OC(=O)[C@@H]3CCCN(C)N3)c(-c3cnn(C)c3C(C)OC)n4CC(F)(F)F)c2)C(C)C)C1.CC. The van der Waals surface area contributed by atoms with Crippen molar-refractivity contribution in [3.63, 3.8) is 0 Å². The molecule has 15 nitrogen and oxygen atoms in total. The number of amides is 3. The van der Waals surface area contributed by atoms with Gasteiger partial charge in [-0.05, 0) is 85.9 Å². The highest BCUT2D eigenvalue weighted by Crippen LogP contribution is 2.42. The number of ether oxygens (including phenoxy) is 2. The van der Waals surface area contributed by atoms with Crippen molar-refractivity contribution in [2.75, 3.05) is 40.8 Å². The van der Waals surface area contributed by atoms with E-state index in [1.165, 1.54) is 28.8 Å². The number of aryl methyl sites for hydroxylation is 1. The van der Waals surface area contributed by atoms with Crippen LogP contribution in [-0.4, -0.2) is 130 Å². The highest BCUT2D eigenvalue weighted by Gasteiger charge is 2.38.